The predicted molar refractivity (Wildman–Crippen MR) is 70.0 cm³/mol. The lowest BCUT2D eigenvalue weighted by molar-refractivity contribution is 0.368. The van der Waals surface area contributed by atoms with Crippen molar-refractivity contribution in [1.82, 2.24) is 9.78 Å². The van der Waals surface area contributed by atoms with Crippen LogP contribution in [0, 0.1) is 0 Å². The molecule has 1 aliphatic rings. The van der Waals surface area contributed by atoms with Gasteiger partial charge in [0.25, 0.3) is 0 Å². The standard InChI is InChI=1S/C13H21ClN2O/c1-9(2)16-13(12(17-3)8-15-16)10-5-4-6-11(14)7-10/h8-11H,4-7H2,1-3H3. The summed E-state index contributed by atoms with van der Waals surface area (Å²) in [6.45, 7) is 4.30. The van der Waals surface area contributed by atoms with Crippen molar-refractivity contribution in [2.75, 3.05) is 7.11 Å². The van der Waals surface area contributed by atoms with Crippen molar-refractivity contribution in [2.45, 2.75) is 56.9 Å². The zero-order valence-corrected chi connectivity index (χ0v) is 11.6. The van der Waals surface area contributed by atoms with E-state index < -0.39 is 0 Å². The number of halogens is 1. The van der Waals surface area contributed by atoms with E-state index in [1.807, 2.05) is 6.20 Å². The van der Waals surface area contributed by atoms with E-state index in [4.69, 9.17) is 16.3 Å². The Hall–Kier alpha value is -0.700. The predicted octanol–water partition coefficient (Wildman–Crippen LogP) is 3.74. The Morgan fingerprint density at radius 2 is 2.24 bits per heavy atom. The SMILES string of the molecule is COc1cnn(C(C)C)c1C1CCCC(Cl)C1. The molecule has 1 aliphatic carbocycles. The molecule has 0 aliphatic heterocycles. The van der Waals surface area contributed by atoms with Gasteiger partial charge in [-0.15, -0.1) is 11.6 Å². The molecule has 0 spiro atoms. The molecular weight excluding hydrogens is 236 g/mol. The molecule has 1 heterocycles. The Labute approximate surface area is 108 Å². The molecule has 1 fully saturated rings. The molecule has 2 unspecified atom stereocenters. The maximum Gasteiger partial charge on any atom is 0.160 e. The molecule has 0 saturated heterocycles. The fraction of sp³-hybridized carbons (Fsp3) is 0.769. The third-order valence-electron chi connectivity index (χ3n) is 3.50. The fourth-order valence-electron chi connectivity index (χ4n) is 2.69. The van der Waals surface area contributed by atoms with Gasteiger partial charge in [0, 0.05) is 17.3 Å². The summed E-state index contributed by atoms with van der Waals surface area (Å²) in [6, 6.07) is 0.365. The summed E-state index contributed by atoms with van der Waals surface area (Å²) < 4.78 is 7.52. The van der Waals surface area contributed by atoms with Crippen LogP contribution < -0.4 is 4.74 Å². The average molecular weight is 257 g/mol. The van der Waals surface area contributed by atoms with Crippen LogP contribution in [0.1, 0.15) is 57.2 Å². The van der Waals surface area contributed by atoms with Gasteiger partial charge in [-0.05, 0) is 33.1 Å². The van der Waals surface area contributed by atoms with E-state index in [1.54, 1.807) is 7.11 Å². The summed E-state index contributed by atoms with van der Waals surface area (Å²) in [5.41, 5.74) is 1.23. The molecule has 0 amide bonds. The lowest BCUT2D eigenvalue weighted by atomic mass is 9.86. The van der Waals surface area contributed by atoms with Crippen molar-refractivity contribution in [3.05, 3.63) is 11.9 Å². The van der Waals surface area contributed by atoms with Gasteiger partial charge in [-0.2, -0.15) is 5.10 Å². The normalized spacial score (nSPS) is 25.2. The van der Waals surface area contributed by atoms with E-state index >= 15 is 0 Å². The van der Waals surface area contributed by atoms with Crippen LogP contribution in [0.3, 0.4) is 0 Å². The first kappa shape index (κ1) is 12.7. The van der Waals surface area contributed by atoms with Gasteiger partial charge in [0.2, 0.25) is 0 Å². The second-order valence-corrected chi connectivity index (χ2v) is 5.71. The molecule has 0 bridgehead atoms. The third kappa shape index (κ3) is 2.59. The minimum absolute atomic E-state index is 0.300. The first-order chi connectivity index (χ1) is 8.13. The second kappa shape index (κ2) is 5.30. The van der Waals surface area contributed by atoms with E-state index in [0.717, 1.165) is 18.6 Å². The van der Waals surface area contributed by atoms with E-state index in [9.17, 15) is 0 Å². The topological polar surface area (TPSA) is 27.1 Å². The Morgan fingerprint density at radius 1 is 1.47 bits per heavy atom. The van der Waals surface area contributed by atoms with Crippen LogP contribution in [0.15, 0.2) is 6.20 Å². The number of hydrogen-bond acceptors (Lipinski definition) is 2. The molecule has 0 aromatic carbocycles. The van der Waals surface area contributed by atoms with Gasteiger partial charge in [-0.3, -0.25) is 4.68 Å². The summed E-state index contributed by atoms with van der Waals surface area (Å²) in [5.74, 6) is 1.40. The summed E-state index contributed by atoms with van der Waals surface area (Å²) in [4.78, 5) is 0. The van der Waals surface area contributed by atoms with Gasteiger partial charge in [-0.1, -0.05) is 6.42 Å². The van der Waals surface area contributed by atoms with Crippen molar-refractivity contribution in [3.8, 4) is 5.75 Å². The molecule has 1 aromatic rings. The monoisotopic (exact) mass is 256 g/mol. The molecule has 1 aromatic heterocycles. The van der Waals surface area contributed by atoms with Crippen molar-refractivity contribution >= 4 is 11.6 Å². The Morgan fingerprint density at radius 3 is 2.82 bits per heavy atom. The minimum Gasteiger partial charge on any atom is -0.493 e. The first-order valence-electron chi connectivity index (χ1n) is 6.39. The molecule has 2 atom stereocenters. The summed E-state index contributed by atoms with van der Waals surface area (Å²) >= 11 is 6.29. The second-order valence-electron chi connectivity index (χ2n) is 5.10. The van der Waals surface area contributed by atoms with Gasteiger partial charge in [0.15, 0.2) is 5.75 Å². The highest BCUT2D eigenvalue weighted by atomic mass is 35.5. The van der Waals surface area contributed by atoms with E-state index in [1.165, 1.54) is 18.5 Å². The van der Waals surface area contributed by atoms with Crippen molar-refractivity contribution < 1.29 is 4.74 Å². The van der Waals surface area contributed by atoms with Gasteiger partial charge < -0.3 is 4.74 Å². The average Bonchev–Trinajstić information content (AvgIpc) is 2.72. The molecule has 3 nitrogen and oxygen atoms in total. The molecule has 17 heavy (non-hydrogen) atoms. The van der Waals surface area contributed by atoms with Gasteiger partial charge in [0.05, 0.1) is 19.0 Å². The van der Waals surface area contributed by atoms with Gasteiger partial charge >= 0.3 is 0 Å². The minimum atomic E-state index is 0.300. The number of rotatable bonds is 3. The molecule has 96 valence electrons. The quantitative estimate of drug-likeness (QED) is 0.771. The summed E-state index contributed by atoms with van der Waals surface area (Å²) in [6.07, 6.45) is 6.39. The largest absolute Gasteiger partial charge is 0.493 e. The van der Waals surface area contributed by atoms with E-state index in [-0.39, 0.29) is 0 Å². The maximum absolute atomic E-state index is 6.29. The molecule has 1 saturated carbocycles. The zero-order valence-electron chi connectivity index (χ0n) is 10.8. The number of hydrogen-bond donors (Lipinski definition) is 0. The van der Waals surface area contributed by atoms with E-state index in [2.05, 4.69) is 23.6 Å². The Balaban J connectivity index is 2.31. The van der Waals surface area contributed by atoms with Gasteiger partial charge in [0.1, 0.15) is 0 Å². The number of alkyl halides is 1. The molecular formula is C13H21ClN2O. The lowest BCUT2D eigenvalue weighted by Crippen LogP contribution is -2.19. The summed E-state index contributed by atoms with van der Waals surface area (Å²) in [7, 11) is 1.71. The number of nitrogens with zero attached hydrogens (tertiary/aromatic N) is 2. The smallest absolute Gasteiger partial charge is 0.160 e. The van der Waals surface area contributed by atoms with Gasteiger partial charge in [-0.25, -0.2) is 0 Å². The Kier molecular flexibility index (Phi) is 3.97. The van der Waals surface area contributed by atoms with Crippen LogP contribution in [-0.4, -0.2) is 22.3 Å². The van der Waals surface area contributed by atoms with Crippen molar-refractivity contribution in [3.63, 3.8) is 0 Å². The van der Waals surface area contributed by atoms with Crippen molar-refractivity contribution in [2.24, 2.45) is 0 Å². The molecule has 0 N–H and O–H groups in total. The highest BCUT2D eigenvalue weighted by Gasteiger charge is 2.28. The Bertz CT molecular complexity index is 375. The highest BCUT2D eigenvalue weighted by molar-refractivity contribution is 6.20. The number of aromatic nitrogens is 2. The zero-order chi connectivity index (χ0) is 12.4. The van der Waals surface area contributed by atoms with E-state index in [0.29, 0.717) is 17.3 Å². The fourth-order valence-corrected chi connectivity index (χ4v) is 3.06. The van der Waals surface area contributed by atoms with Crippen LogP contribution in [0.2, 0.25) is 0 Å². The van der Waals surface area contributed by atoms with Crippen LogP contribution >= 0.6 is 11.6 Å². The van der Waals surface area contributed by atoms with Crippen LogP contribution in [0.4, 0.5) is 0 Å². The molecule has 2 rings (SSSR count). The highest BCUT2D eigenvalue weighted by Crippen LogP contribution is 2.39. The lowest BCUT2D eigenvalue weighted by Gasteiger charge is -2.27. The molecule has 0 radical (unpaired) electrons. The van der Waals surface area contributed by atoms with Crippen molar-refractivity contribution in [1.29, 1.82) is 0 Å². The van der Waals surface area contributed by atoms with Crippen LogP contribution in [0.25, 0.3) is 0 Å². The first-order valence-corrected chi connectivity index (χ1v) is 6.82. The number of ether oxygens (including phenoxy) is 1. The maximum atomic E-state index is 6.29. The van der Waals surface area contributed by atoms with Crippen LogP contribution in [-0.2, 0) is 0 Å². The third-order valence-corrected chi connectivity index (χ3v) is 3.90. The van der Waals surface area contributed by atoms with Crippen LogP contribution in [0.5, 0.6) is 5.75 Å². The number of methoxy groups -OCH3 is 1. The summed E-state index contributed by atoms with van der Waals surface area (Å²) in [5, 5.41) is 4.74. The molecule has 4 heteroatoms.